The van der Waals surface area contributed by atoms with Crippen LogP contribution in [0.2, 0.25) is 0 Å². The molecular weight excluding hydrogens is 1400 g/mol. The van der Waals surface area contributed by atoms with Crippen molar-refractivity contribution in [3.8, 4) is 23.0 Å². The number of benzene rings is 8. The third-order valence-electron chi connectivity index (χ3n) is 20.2. The number of phenolic OH excluding ortho intramolecular Hbond substituents is 1. The second-order valence-corrected chi connectivity index (χ2v) is 27.8. The highest BCUT2D eigenvalue weighted by Gasteiger charge is 2.40. The number of methoxy groups -OCH3 is 3. The Morgan fingerprint density at radius 2 is 0.855 bits per heavy atom. The van der Waals surface area contributed by atoms with E-state index in [-0.39, 0.29) is 86.4 Å². The van der Waals surface area contributed by atoms with E-state index in [0.29, 0.717) is 135 Å². The van der Waals surface area contributed by atoms with Gasteiger partial charge in [0.2, 0.25) is 0 Å². The second kappa shape index (κ2) is 36.8. The number of rotatable bonds is 29. The van der Waals surface area contributed by atoms with Gasteiger partial charge in [0.15, 0.2) is 11.5 Å². The SMILES string of the molecule is CCCOCCN(CCCC(=O)OC)c1cc(CO)cc(CO)c1.CCCOCCN(CCCC(=O)OC)c1cc(COc2cc3c(cc2C)C(=O)N2c4ccccc4C[C@H]2C=N3)cc(COc2cc3c(cc2OC)C(=O)N2c4ccccc4C[C@H]2C=N3)c1.Cc1cc2c(cc1O)N=CC1Cc3ccccc3N1C2=O. The fourth-order valence-corrected chi connectivity index (χ4v) is 14.6. The van der Waals surface area contributed by atoms with Crippen molar-refractivity contribution in [3.05, 3.63) is 212 Å². The largest absolute Gasteiger partial charge is 0.508 e. The van der Waals surface area contributed by atoms with E-state index in [1.165, 1.54) is 19.8 Å². The van der Waals surface area contributed by atoms with Crippen molar-refractivity contribution in [2.75, 3.05) is 98.4 Å². The van der Waals surface area contributed by atoms with E-state index in [9.17, 15) is 39.3 Å². The zero-order chi connectivity index (χ0) is 77.4. The van der Waals surface area contributed by atoms with Crippen molar-refractivity contribution < 1.29 is 72.5 Å². The van der Waals surface area contributed by atoms with E-state index in [4.69, 9.17) is 38.4 Å². The van der Waals surface area contributed by atoms with Gasteiger partial charge in [0.1, 0.15) is 24.7 Å². The predicted octanol–water partition coefficient (Wildman–Crippen LogP) is 13.8. The number of anilines is 5. The predicted molar refractivity (Wildman–Crippen MR) is 426 cm³/mol. The fourth-order valence-electron chi connectivity index (χ4n) is 14.6. The highest BCUT2D eigenvalue weighted by Crippen LogP contribution is 2.44. The average Bonchev–Trinajstić information content (AvgIpc) is 1.62. The van der Waals surface area contributed by atoms with Crippen LogP contribution in [0.3, 0.4) is 0 Å². The molecule has 0 saturated heterocycles. The Labute approximate surface area is 642 Å². The van der Waals surface area contributed by atoms with Crippen LogP contribution in [0.1, 0.15) is 134 Å². The molecule has 110 heavy (non-hydrogen) atoms. The molecule has 6 aliphatic rings. The van der Waals surface area contributed by atoms with E-state index in [0.717, 1.165) is 93.1 Å². The summed E-state index contributed by atoms with van der Waals surface area (Å²) < 4.78 is 40.0. The summed E-state index contributed by atoms with van der Waals surface area (Å²) in [5, 5.41) is 28.6. The van der Waals surface area contributed by atoms with Crippen molar-refractivity contribution in [2.24, 2.45) is 15.0 Å². The number of para-hydroxylation sites is 3. The van der Waals surface area contributed by atoms with Crippen LogP contribution in [0, 0.1) is 13.8 Å². The van der Waals surface area contributed by atoms with Crippen molar-refractivity contribution >= 4 is 93.8 Å². The fraction of sp³-hybridized carbons (Fsp3) is 0.356. The average molecular weight is 1490 g/mol. The van der Waals surface area contributed by atoms with Crippen LogP contribution in [0.5, 0.6) is 23.0 Å². The Balaban J connectivity index is 0.000000202. The van der Waals surface area contributed by atoms with Gasteiger partial charge in [-0.05, 0) is 156 Å². The summed E-state index contributed by atoms with van der Waals surface area (Å²) in [5.41, 5.74) is 15.9. The summed E-state index contributed by atoms with van der Waals surface area (Å²) in [6.07, 6.45) is 11.5. The first kappa shape index (κ1) is 78.3. The van der Waals surface area contributed by atoms with Crippen LogP contribution in [0.15, 0.2) is 161 Å². The Morgan fingerprint density at radius 3 is 1.28 bits per heavy atom. The molecule has 0 aliphatic carbocycles. The number of hydrogen-bond donors (Lipinski definition) is 3. The molecule has 0 radical (unpaired) electrons. The van der Waals surface area contributed by atoms with Crippen LogP contribution in [0.25, 0.3) is 0 Å². The van der Waals surface area contributed by atoms with Gasteiger partial charge in [-0.2, -0.15) is 0 Å². The summed E-state index contributed by atoms with van der Waals surface area (Å²) >= 11 is 0. The number of aliphatic imine (C=N–C) groups is 3. The topological polar surface area (TPSA) is 264 Å². The maximum Gasteiger partial charge on any atom is 0.305 e. The lowest BCUT2D eigenvalue weighted by Gasteiger charge is -2.26. The zero-order valence-electron chi connectivity index (χ0n) is 63.5. The number of esters is 2. The molecule has 0 saturated carbocycles. The van der Waals surface area contributed by atoms with Crippen LogP contribution < -0.4 is 38.7 Å². The third-order valence-corrected chi connectivity index (χ3v) is 20.2. The van der Waals surface area contributed by atoms with Gasteiger partial charge < -0.3 is 58.3 Å². The lowest BCUT2D eigenvalue weighted by molar-refractivity contribution is -0.141. The molecule has 14 rings (SSSR count). The Hall–Kier alpha value is -11.2. The number of aliphatic hydroxyl groups excluding tert-OH is 2. The molecule has 0 bridgehead atoms. The molecule has 0 aromatic heterocycles. The van der Waals surface area contributed by atoms with Crippen molar-refractivity contribution in [2.45, 2.75) is 130 Å². The highest BCUT2D eigenvalue weighted by atomic mass is 16.5. The van der Waals surface area contributed by atoms with E-state index >= 15 is 0 Å². The molecular formula is C87H96N8O15. The molecule has 3 amide bonds. The van der Waals surface area contributed by atoms with Crippen LogP contribution in [-0.4, -0.2) is 156 Å². The Morgan fingerprint density at radius 1 is 0.464 bits per heavy atom. The third kappa shape index (κ3) is 18.2. The standard InChI is InChI=1S/C52H53N5O8.C18H29NO5.C17H14N2O2/c1-5-18-63-19-17-55(16-10-15-50(58)62-4)38-22-34(31-64-47-27-43-41(20-33(47)2)51(59)56-39(29-53-43)24-36-11-6-8-13-45(36)56)21-35(23-38)32-65-49-28-44-42(26-48(49)61-3)52(60)57-40(30-54-44)25-37-12-7-9-14-46(37)57;1-3-8-24-9-7-19(6-4-5-18(22)23-2)17-11-15(13-20)10-16(12-17)14-21;1-10-6-13-14(8-16(10)20)18-9-12-7-11-4-2-3-5-15(11)19(12)17(13)21/h6-9,11-14,20-23,26-30,39-40H,5,10,15-19,24-25,31-32H2,1-4H3;10-12,20-21H,3-9,13-14H2,1-2H3;2-6,8-9,12,20H,7H2,1H3/t39-,40-;;/m0../s1. The molecule has 6 aliphatic heterocycles. The van der Waals surface area contributed by atoms with Crippen LogP contribution in [0.4, 0.5) is 45.5 Å². The number of ether oxygens (including phenoxy) is 7. The summed E-state index contributed by atoms with van der Waals surface area (Å²) in [6, 6.07) is 45.8. The van der Waals surface area contributed by atoms with Crippen molar-refractivity contribution in [3.63, 3.8) is 0 Å². The smallest absolute Gasteiger partial charge is 0.305 e. The number of aliphatic hydroxyl groups is 2. The van der Waals surface area contributed by atoms with E-state index < -0.39 is 0 Å². The lowest BCUT2D eigenvalue weighted by Crippen LogP contribution is -2.37. The molecule has 1 unspecified atom stereocenters. The minimum Gasteiger partial charge on any atom is -0.508 e. The monoisotopic (exact) mass is 1490 g/mol. The van der Waals surface area contributed by atoms with Gasteiger partial charge in [0.25, 0.3) is 17.7 Å². The first-order valence-corrected chi connectivity index (χ1v) is 37.6. The summed E-state index contributed by atoms with van der Waals surface area (Å²) in [5.74, 6) is 0.894. The number of carbonyl (C=O) groups is 5. The molecule has 0 fully saturated rings. The Kier molecular flexibility index (Phi) is 26.2. The van der Waals surface area contributed by atoms with Gasteiger partial charge in [0.05, 0.1) is 99.6 Å². The summed E-state index contributed by atoms with van der Waals surface area (Å²) in [4.78, 5) is 88.2. The van der Waals surface area contributed by atoms with Gasteiger partial charge in [-0.25, -0.2) is 0 Å². The van der Waals surface area contributed by atoms with E-state index in [1.54, 1.807) is 55.5 Å². The van der Waals surface area contributed by atoms with Gasteiger partial charge in [-0.15, -0.1) is 0 Å². The zero-order valence-corrected chi connectivity index (χ0v) is 63.5. The number of aryl methyl sites for hydroxylation is 2. The maximum atomic E-state index is 14.1. The van der Waals surface area contributed by atoms with E-state index in [1.807, 2.05) is 126 Å². The Bertz CT molecular complexity index is 4750. The molecule has 8 aromatic rings. The number of carbonyl (C=O) groups excluding carboxylic acids is 5. The molecule has 8 aromatic carbocycles. The molecule has 0 spiro atoms. The number of phenols is 1. The quantitative estimate of drug-likeness (QED) is 0.0290. The van der Waals surface area contributed by atoms with Crippen molar-refractivity contribution in [1.29, 1.82) is 0 Å². The number of nitrogens with zero attached hydrogens (tertiary/aromatic N) is 8. The van der Waals surface area contributed by atoms with Crippen molar-refractivity contribution in [1.82, 2.24) is 0 Å². The first-order valence-electron chi connectivity index (χ1n) is 37.6. The maximum absolute atomic E-state index is 14.1. The molecule has 574 valence electrons. The minimum atomic E-state index is -0.262. The van der Waals surface area contributed by atoms with E-state index in [2.05, 4.69) is 51.6 Å². The van der Waals surface area contributed by atoms with Gasteiger partial charge >= 0.3 is 11.9 Å². The normalized spacial score (nSPS) is 15.7. The minimum absolute atomic E-state index is 0.0512. The molecule has 3 atom stereocenters. The second-order valence-electron chi connectivity index (χ2n) is 27.8. The number of amides is 3. The van der Waals surface area contributed by atoms with Gasteiger partial charge in [-0.1, -0.05) is 74.5 Å². The first-order chi connectivity index (χ1) is 53.5. The van der Waals surface area contributed by atoms with Crippen LogP contribution >= 0.6 is 0 Å². The summed E-state index contributed by atoms with van der Waals surface area (Å²) in [6.45, 7) is 13.1. The molecule has 23 heteroatoms. The number of aromatic hydroxyl groups is 1. The highest BCUT2D eigenvalue weighted by molar-refractivity contribution is 6.17. The number of fused-ring (bicyclic) bond motifs is 12. The molecule has 23 nitrogen and oxygen atoms in total. The molecule has 6 heterocycles. The number of hydrogen-bond acceptors (Lipinski definition) is 20. The lowest BCUT2D eigenvalue weighted by atomic mass is 10.1. The summed E-state index contributed by atoms with van der Waals surface area (Å²) in [7, 11) is 4.35. The molecule has 3 N–H and O–H groups in total. The van der Waals surface area contributed by atoms with Gasteiger partial charge in [0, 0.05) is 137 Å². The van der Waals surface area contributed by atoms with Crippen LogP contribution in [-0.2, 0) is 74.2 Å². The van der Waals surface area contributed by atoms with Gasteiger partial charge in [-0.3, -0.25) is 53.6 Å².